The highest BCUT2D eigenvalue weighted by Crippen LogP contribution is 2.17. The van der Waals surface area contributed by atoms with Crippen molar-refractivity contribution < 1.29 is 13.2 Å². The predicted molar refractivity (Wildman–Crippen MR) is 79.1 cm³/mol. The fourth-order valence-corrected chi connectivity index (χ4v) is 2.72. The zero-order valence-corrected chi connectivity index (χ0v) is 12.2. The summed E-state index contributed by atoms with van der Waals surface area (Å²) in [6, 6.07) is 6.61. The van der Waals surface area contributed by atoms with Gasteiger partial charge in [0.1, 0.15) is 0 Å². The second-order valence-corrected chi connectivity index (χ2v) is 6.73. The Balaban J connectivity index is 1.94. The molecular formula is C13H19N3O3S. The van der Waals surface area contributed by atoms with Gasteiger partial charge in [0.2, 0.25) is 15.9 Å². The molecule has 1 aliphatic rings. The zero-order valence-electron chi connectivity index (χ0n) is 11.3. The van der Waals surface area contributed by atoms with Gasteiger partial charge in [0.05, 0.1) is 12.2 Å². The molecule has 7 heteroatoms. The predicted octanol–water partition coefficient (Wildman–Crippen LogP) is 0.996. The van der Waals surface area contributed by atoms with E-state index >= 15 is 0 Å². The smallest absolute Gasteiger partial charge is 0.229 e. The first-order valence-electron chi connectivity index (χ1n) is 6.53. The SMILES string of the molecule is CS(=O)(=O)Nc1ccc(NC(=O)[C@H]2CCCNC2)cc1. The number of benzene rings is 1. The van der Waals surface area contributed by atoms with Crippen molar-refractivity contribution in [3.05, 3.63) is 24.3 Å². The van der Waals surface area contributed by atoms with E-state index in [0.29, 0.717) is 17.9 Å². The maximum atomic E-state index is 12.0. The molecule has 0 saturated carbocycles. The van der Waals surface area contributed by atoms with E-state index in [2.05, 4.69) is 15.4 Å². The molecule has 0 radical (unpaired) electrons. The van der Waals surface area contributed by atoms with E-state index in [-0.39, 0.29) is 11.8 Å². The lowest BCUT2D eigenvalue weighted by Crippen LogP contribution is -2.37. The largest absolute Gasteiger partial charge is 0.326 e. The molecule has 0 spiro atoms. The van der Waals surface area contributed by atoms with Gasteiger partial charge in [0.25, 0.3) is 0 Å². The summed E-state index contributed by atoms with van der Waals surface area (Å²) in [5.74, 6) is -0.00130. The molecule has 0 aliphatic carbocycles. The monoisotopic (exact) mass is 297 g/mol. The van der Waals surface area contributed by atoms with Gasteiger partial charge in [-0.25, -0.2) is 8.42 Å². The van der Waals surface area contributed by atoms with Crippen LogP contribution in [0.1, 0.15) is 12.8 Å². The van der Waals surface area contributed by atoms with Crippen molar-refractivity contribution in [2.45, 2.75) is 12.8 Å². The minimum absolute atomic E-state index is 0.000947. The first kappa shape index (κ1) is 14.8. The van der Waals surface area contributed by atoms with E-state index in [4.69, 9.17) is 0 Å². The van der Waals surface area contributed by atoms with Crippen molar-refractivity contribution in [3.8, 4) is 0 Å². The Morgan fingerprint density at radius 1 is 1.25 bits per heavy atom. The lowest BCUT2D eigenvalue weighted by Gasteiger charge is -2.21. The minimum atomic E-state index is -3.28. The van der Waals surface area contributed by atoms with Crippen LogP contribution in [0, 0.1) is 5.92 Å². The van der Waals surface area contributed by atoms with Gasteiger partial charge in [0.15, 0.2) is 0 Å². The number of carbonyl (C=O) groups excluding carboxylic acids is 1. The number of rotatable bonds is 4. The van der Waals surface area contributed by atoms with Crippen LogP contribution < -0.4 is 15.4 Å². The molecule has 1 aromatic rings. The molecule has 2 rings (SSSR count). The summed E-state index contributed by atoms with van der Waals surface area (Å²) in [4.78, 5) is 12.0. The van der Waals surface area contributed by atoms with Crippen LogP contribution in [0.4, 0.5) is 11.4 Å². The number of carbonyl (C=O) groups is 1. The van der Waals surface area contributed by atoms with Crippen molar-refractivity contribution in [1.82, 2.24) is 5.32 Å². The van der Waals surface area contributed by atoms with E-state index in [1.807, 2.05) is 0 Å². The van der Waals surface area contributed by atoms with Crippen LogP contribution in [0.25, 0.3) is 0 Å². The van der Waals surface area contributed by atoms with Crippen LogP contribution in [0.2, 0.25) is 0 Å². The molecule has 1 fully saturated rings. The van der Waals surface area contributed by atoms with E-state index in [1.165, 1.54) is 0 Å². The molecule has 1 aromatic carbocycles. The van der Waals surface area contributed by atoms with Crippen molar-refractivity contribution in [3.63, 3.8) is 0 Å². The van der Waals surface area contributed by atoms with E-state index in [9.17, 15) is 13.2 Å². The highest BCUT2D eigenvalue weighted by atomic mass is 32.2. The third kappa shape index (κ3) is 4.50. The maximum absolute atomic E-state index is 12.0. The molecule has 1 atom stereocenters. The first-order valence-corrected chi connectivity index (χ1v) is 8.42. The van der Waals surface area contributed by atoms with Crippen molar-refractivity contribution >= 4 is 27.3 Å². The Hall–Kier alpha value is -1.60. The molecule has 1 amide bonds. The topological polar surface area (TPSA) is 87.3 Å². The number of sulfonamides is 1. The van der Waals surface area contributed by atoms with Crippen molar-refractivity contribution in [2.75, 3.05) is 29.4 Å². The summed E-state index contributed by atoms with van der Waals surface area (Å²) in [5, 5.41) is 6.04. The molecule has 0 unspecified atom stereocenters. The molecule has 0 aromatic heterocycles. The van der Waals surface area contributed by atoms with Gasteiger partial charge in [-0.05, 0) is 43.7 Å². The number of nitrogens with one attached hydrogen (secondary N) is 3. The maximum Gasteiger partial charge on any atom is 0.229 e. The first-order chi connectivity index (χ1) is 9.44. The molecule has 0 bridgehead atoms. The zero-order chi connectivity index (χ0) is 14.6. The van der Waals surface area contributed by atoms with Gasteiger partial charge in [-0.2, -0.15) is 0 Å². The third-order valence-electron chi connectivity index (χ3n) is 3.12. The van der Waals surface area contributed by atoms with E-state index < -0.39 is 10.0 Å². The molecule has 1 aliphatic heterocycles. The van der Waals surface area contributed by atoms with Crippen LogP contribution in [-0.4, -0.2) is 33.7 Å². The Morgan fingerprint density at radius 2 is 1.90 bits per heavy atom. The second-order valence-electron chi connectivity index (χ2n) is 4.98. The number of hydrogen-bond donors (Lipinski definition) is 3. The number of amides is 1. The summed E-state index contributed by atoms with van der Waals surface area (Å²) in [5.41, 5.74) is 1.14. The second kappa shape index (κ2) is 6.23. The standard InChI is InChI=1S/C13H19N3O3S/c1-20(18,19)16-12-6-4-11(5-7-12)15-13(17)10-3-2-8-14-9-10/h4-7,10,14,16H,2-3,8-9H2,1H3,(H,15,17)/t10-/m0/s1. The highest BCUT2D eigenvalue weighted by molar-refractivity contribution is 7.92. The average Bonchev–Trinajstić information content (AvgIpc) is 2.40. The Kier molecular flexibility index (Phi) is 4.61. The van der Waals surface area contributed by atoms with Crippen LogP contribution in [-0.2, 0) is 14.8 Å². The number of piperidine rings is 1. The molecule has 1 heterocycles. The van der Waals surface area contributed by atoms with Crippen LogP contribution >= 0.6 is 0 Å². The Bertz CT molecular complexity index is 563. The van der Waals surface area contributed by atoms with Crippen LogP contribution in [0.15, 0.2) is 24.3 Å². The Labute approximate surface area is 119 Å². The van der Waals surface area contributed by atoms with E-state index in [0.717, 1.165) is 25.6 Å². The summed E-state index contributed by atoms with van der Waals surface area (Å²) < 4.78 is 24.5. The lowest BCUT2D eigenvalue weighted by atomic mass is 9.99. The summed E-state index contributed by atoms with van der Waals surface area (Å²) in [6.45, 7) is 1.68. The lowest BCUT2D eigenvalue weighted by molar-refractivity contribution is -0.120. The van der Waals surface area contributed by atoms with Gasteiger partial charge in [-0.1, -0.05) is 0 Å². The van der Waals surface area contributed by atoms with Gasteiger partial charge < -0.3 is 10.6 Å². The highest BCUT2D eigenvalue weighted by Gasteiger charge is 2.20. The summed E-state index contributed by atoms with van der Waals surface area (Å²) >= 11 is 0. The van der Waals surface area contributed by atoms with Gasteiger partial charge >= 0.3 is 0 Å². The van der Waals surface area contributed by atoms with Crippen LogP contribution in [0.5, 0.6) is 0 Å². The number of hydrogen-bond acceptors (Lipinski definition) is 4. The summed E-state index contributed by atoms with van der Waals surface area (Å²) in [6.07, 6.45) is 3.00. The van der Waals surface area contributed by atoms with Crippen molar-refractivity contribution in [2.24, 2.45) is 5.92 Å². The molecule has 1 saturated heterocycles. The van der Waals surface area contributed by atoms with Crippen molar-refractivity contribution in [1.29, 1.82) is 0 Å². The quantitative estimate of drug-likeness (QED) is 0.773. The third-order valence-corrected chi connectivity index (χ3v) is 3.73. The fraction of sp³-hybridized carbons (Fsp3) is 0.462. The van der Waals surface area contributed by atoms with Gasteiger partial charge in [0, 0.05) is 17.9 Å². The Morgan fingerprint density at radius 3 is 2.45 bits per heavy atom. The summed E-state index contributed by atoms with van der Waals surface area (Å²) in [7, 11) is -3.28. The molecular weight excluding hydrogens is 278 g/mol. The average molecular weight is 297 g/mol. The van der Waals surface area contributed by atoms with Gasteiger partial charge in [-0.3, -0.25) is 9.52 Å². The number of anilines is 2. The van der Waals surface area contributed by atoms with Gasteiger partial charge in [-0.15, -0.1) is 0 Å². The molecule has 110 valence electrons. The molecule has 6 nitrogen and oxygen atoms in total. The molecule has 20 heavy (non-hydrogen) atoms. The van der Waals surface area contributed by atoms with Crippen LogP contribution in [0.3, 0.4) is 0 Å². The normalized spacial score (nSPS) is 19.4. The molecule has 3 N–H and O–H groups in total. The fourth-order valence-electron chi connectivity index (χ4n) is 2.16. The van der Waals surface area contributed by atoms with E-state index in [1.54, 1.807) is 24.3 Å². The minimum Gasteiger partial charge on any atom is -0.326 e.